The molecule has 246 valence electrons. The Hall–Kier alpha value is -4.14. The predicted molar refractivity (Wildman–Crippen MR) is 184 cm³/mol. The zero-order valence-corrected chi connectivity index (χ0v) is 27.3. The molecule has 1 N–H and O–H groups in total. The molecule has 1 saturated carbocycles. The van der Waals surface area contributed by atoms with Crippen LogP contribution in [-0.2, 0) is 42.5 Å². The Labute approximate surface area is 282 Å². The van der Waals surface area contributed by atoms with Crippen LogP contribution in [0, 0.1) is 0 Å². The predicted octanol–water partition coefficient (Wildman–Crippen LogP) is 7.43. The smallest absolute Gasteiger partial charge is 0.164 e. The number of aliphatic hydroxyl groups excluding tert-OH is 1. The summed E-state index contributed by atoms with van der Waals surface area (Å²) in [5.74, 6) is -0.929. The van der Waals surface area contributed by atoms with Crippen LogP contribution < -0.4 is 0 Å². The minimum Gasteiger partial charge on any atom is -0.387 e. The number of ether oxygens (including phenoxy) is 5. The van der Waals surface area contributed by atoms with E-state index in [-0.39, 0.29) is 0 Å². The minimum absolute atomic E-state index is 0.291. The lowest BCUT2D eigenvalue weighted by atomic mass is 9.78. The molecule has 1 aliphatic carbocycles. The van der Waals surface area contributed by atoms with Gasteiger partial charge in [-0.05, 0) is 41.7 Å². The number of rotatable bonds is 11. The van der Waals surface area contributed by atoms with Gasteiger partial charge in [-0.15, -0.1) is 0 Å². The summed E-state index contributed by atoms with van der Waals surface area (Å²) in [7, 11) is 0. The van der Waals surface area contributed by atoms with Crippen LogP contribution in [0.1, 0.15) is 41.7 Å². The molecule has 48 heavy (non-hydrogen) atoms. The molecular formula is C42H42O6. The lowest BCUT2D eigenvalue weighted by Crippen LogP contribution is -2.66. The Morgan fingerprint density at radius 3 is 1.29 bits per heavy atom. The van der Waals surface area contributed by atoms with Gasteiger partial charge in [0, 0.05) is 0 Å². The lowest BCUT2D eigenvalue weighted by molar-refractivity contribution is -0.253. The molecule has 1 aliphatic heterocycles. The molecule has 0 aromatic heterocycles. The first-order valence-corrected chi connectivity index (χ1v) is 16.6. The molecule has 1 saturated heterocycles. The zero-order chi connectivity index (χ0) is 33.0. The van der Waals surface area contributed by atoms with E-state index < -0.39 is 48.0 Å². The largest absolute Gasteiger partial charge is 0.387 e. The lowest BCUT2D eigenvalue weighted by Gasteiger charge is -2.48. The van der Waals surface area contributed by atoms with Gasteiger partial charge in [0.05, 0.1) is 13.2 Å². The van der Waals surface area contributed by atoms with Gasteiger partial charge in [0.1, 0.15) is 42.2 Å². The maximum atomic E-state index is 12.5. The van der Waals surface area contributed by atoms with Crippen LogP contribution >= 0.6 is 0 Å². The normalized spacial score (nSPS) is 25.0. The fourth-order valence-corrected chi connectivity index (χ4v) is 7.07. The first-order chi connectivity index (χ1) is 23.4. The van der Waals surface area contributed by atoms with E-state index in [1.165, 1.54) is 0 Å². The molecule has 7 rings (SSSR count). The number of benzene rings is 5. The second-order valence-corrected chi connectivity index (χ2v) is 12.9. The van der Waals surface area contributed by atoms with E-state index in [1.54, 1.807) is 0 Å². The minimum atomic E-state index is -1.14. The van der Waals surface area contributed by atoms with Crippen molar-refractivity contribution in [3.8, 4) is 0 Å². The summed E-state index contributed by atoms with van der Waals surface area (Å²) in [4.78, 5) is 0. The van der Waals surface area contributed by atoms with Gasteiger partial charge >= 0.3 is 0 Å². The van der Waals surface area contributed by atoms with Crippen molar-refractivity contribution in [2.24, 2.45) is 0 Å². The molecule has 6 heteroatoms. The molecule has 1 heterocycles. The summed E-state index contributed by atoms with van der Waals surface area (Å²) in [6, 6.07) is 50.4. The fourth-order valence-electron chi connectivity index (χ4n) is 7.07. The topological polar surface area (TPSA) is 66.4 Å². The molecule has 0 spiro atoms. The van der Waals surface area contributed by atoms with Gasteiger partial charge in [-0.1, -0.05) is 152 Å². The molecule has 2 fully saturated rings. The first-order valence-electron chi connectivity index (χ1n) is 16.6. The average molecular weight is 643 g/mol. The van der Waals surface area contributed by atoms with Gasteiger partial charge in [0.2, 0.25) is 0 Å². The van der Waals surface area contributed by atoms with Gasteiger partial charge in [0.15, 0.2) is 5.79 Å². The maximum Gasteiger partial charge on any atom is 0.164 e. The monoisotopic (exact) mass is 642 g/mol. The number of aliphatic hydroxyl groups is 1. The van der Waals surface area contributed by atoms with Crippen molar-refractivity contribution in [2.75, 3.05) is 0 Å². The second-order valence-electron chi connectivity index (χ2n) is 12.9. The van der Waals surface area contributed by atoms with E-state index in [0.717, 1.165) is 27.8 Å². The van der Waals surface area contributed by atoms with E-state index >= 15 is 0 Å². The van der Waals surface area contributed by atoms with Crippen molar-refractivity contribution in [3.05, 3.63) is 179 Å². The Kier molecular flexibility index (Phi) is 9.55. The molecule has 6 atom stereocenters. The third-order valence-corrected chi connectivity index (χ3v) is 9.23. The molecule has 2 aliphatic rings. The summed E-state index contributed by atoms with van der Waals surface area (Å²) in [5.41, 5.74) is 3.64. The van der Waals surface area contributed by atoms with Crippen molar-refractivity contribution in [2.45, 2.75) is 75.1 Å². The molecule has 5 aromatic carbocycles. The van der Waals surface area contributed by atoms with Crippen LogP contribution in [0.5, 0.6) is 0 Å². The van der Waals surface area contributed by atoms with Crippen LogP contribution in [0.25, 0.3) is 0 Å². The quantitative estimate of drug-likeness (QED) is 0.151. The molecule has 6 nitrogen and oxygen atoms in total. The van der Waals surface area contributed by atoms with E-state index in [9.17, 15) is 5.11 Å². The molecular weight excluding hydrogens is 600 g/mol. The Morgan fingerprint density at radius 2 is 0.875 bits per heavy atom. The van der Waals surface area contributed by atoms with Gasteiger partial charge in [-0.2, -0.15) is 0 Å². The highest BCUT2D eigenvalue weighted by Gasteiger charge is 2.61. The van der Waals surface area contributed by atoms with Crippen molar-refractivity contribution in [3.63, 3.8) is 0 Å². The highest BCUT2D eigenvalue weighted by molar-refractivity contribution is 5.47. The van der Waals surface area contributed by atoms with Crippen LogP contribution in [-0.4, -0.2) is 47.5 Å². The number of fused-ring (bicyclic) bond motifs is 1. The first kappa shape index (κ1) is 32.4. The van der Waals surface area contributed by atoms with Crippen LogP contribution in [0.4, 0.5) is 0 Å². The second kappa shape index (κ2) is 14.1. The molecule has 0 radical (unpaired) electrons. The summed E-state index contributed by atoms with van der Waals surface area (Å²) in [5, 5.41) is 12.5. The van der Waals surface area contributed by atoms with Crippen LogP contribution in [0.3, 0.4) is 0 Å². The van der Waals surface area contributed by atoms with Crippen molar-refractivity contribution in [1.29, 1.82) is 0 Å². The Bertz CT molecular complexity index is 1620. The number of hydrogen-bond donors (Lipinski definition) is 1. The fraction of sp³-hybridized carbons (Fsp3) is 0.286. The SMILES string of the molecule is CC1(C)O[C@@H]2[C@@H](OCc3ccccc3)[C@H](OC(c3ccccc3)(c3ccccc3)c3ccccc3)[C@H](O)[C@@H](OCc3ccccc3)[C@H]2O1. The summed E-state index contributed by atoms with van der Waals surface area (Å²) in [6.07, 6.45) is -4.69. The molecule has 0 amide bonds. The standard InChI is InChI=1S/C42H42O6/c1-41(2)46-39-36(44-28-30-18-8-3-9-19-30)35(43)37(38(40(39)47-41)45-29-31-20-10-4-11-21-31)48-42(32-22-12-5-13-23-32,33-24-14-6-15-25-33)34-26-16-7-17-27-34/h3-27,35-40,43H,28-29H2,1-2H3/t35-,36-,37-,38+,39-,40-/m1/s1. The Morgan fingerprint density at radius 1 is 0.521 bits per heavy atom. The van der Waals surface area contributed by atoms with Crippen LogP contribution in [0.2, 0.25) is 0 Å². The zero-order valence-electron chi connectivity index (χ0n) is 27.3. The Balaban J connectivity index is 1.36. The summed E-state index contributed by atoms with van der Waals surface area (Å²) in [6.45, 7) is 4.37. The van der Waals surface area contributed by atoms with E-state index in [2.05, 4.69) is 36.4 Å². The highest BCUT2D eigenvalue weighted by Crippen LogP contribution is 2.47. The van der Waals surface area contributed by atoms with Gasteiger partial charge < -0.3 is 28.8 Å². The van der Waals surface area contributed by atoms with E-state index in [0.29, 0.717) is 13.2 Å². The van der Waals surface area contributed by atoms with E-state index in [1.807, 2.05) is 129 Å². The van der Waals surface area contributed by atoms with Crippen molar-refractivity contribution in [1.82, 2.24) is 0 Å². The highest BCUT2D eigenvalue weighted by atomic mass is 16.8. The van der Waals surface area contributed by atoms with Crippen LogP contribution in [0.15, 0.2) is 152 Å². The average Bonchev–Trinajstić information content (AvgIpc) is 3.46. The van der Waals surface area contributed by atoms with Crippen molar-refractivity contribution < 1.29 is 28.8 Å². The van der Waals surface area contributed by atoms with E-state index in [4.69, 9.17) is 23.7 Å². The molecule has 0 unspecified atom stereocenters. The van der Waals surface area contributed by atoms with Gasteiger partial charge in [0.25, 0.3) is 0 Å². The summed E-state index contributed by atoms with van der Waals surface area (Å²) >= 11 is 0. The number of hydrogen-bond acceptors (Lipinski definition) is 6. The molecule has 5 aromatic rings. The van der Waals surface area contributed by atoms with Gasteiger partial charge in [-0.25, -0.2) is 0 Å². The van der Waals surface area contributed by atoms with Crippen molar-refractivity contribution >= 4 is 0 Å². The molecule has 0 bridgehead atoms. The van der Waals surface area contributed by atoms with Gasteiger partial charge in [-0.3, -0.25) is 0 Å². The third kappa shape index (κ3) is 6.61. The summed E-state index contributed by atoms with van der Waals surface area (Å²) < 4.78 is 34.0. The maximum absolute atomic E-state index is 12.5. The third-order valence-electron chi connectivity index (χ3n) is 9.23.